The molecular formula is C32H49NO3. The van der Waals surface area contributed by atoms with Crippen molar-refractivity contribution in [2.24, 2.45) is 11.8 Å². The van der Waals surface area contributed by atoms with Crippen LogP contribution >= 0.6 is 0 Å². The average Bonchev–Trinajstić information content (AvgIpc) is 3.05. The highest BCUT2D eigenvalue weighted by atomic mass is 16.3. The number of carbonyl (C=O) groups is 1. The molecule has 1 aromatic carbocycles. The second-order valence-corrected chi connectivity index (χ2v) is 11.5. The first-order valence-electron chi connectivity index (χ1n) is 14.6. The molecule has 0 radical (unpaired) electrons. The van der Waals surface area contributed by atoms with Crippen LogP contribution in [0.1, 0.15) is 131 Å². The van der Waals surface area contributed by atoms with Crippen molar-refractivity contribution in [3.63, 3.8) is 0 Å². The Bertz CT molecular complexity index is 990. The van der Waals surface area contributed by atoms with Crippen molar-refractivity contribution in [1.29, 1.82) is 0 Å². The van der Waals surface area contributed by atoms with Gasteiger partial charge in [0.15, 0.2) is 5.78 Å². The summed E-state index contributed by atoms with van der Waals surface area (Å²) >= 11 is 0. The summed E-state index contributed by atoms with van der Waals surface area (Å²) in [5.74, 6) is 1.37. The zero-order valence-electron chi connectivity index (χ0n) is 23.2. The van der Waals surface area contributed by atoms with Crippen LogP contribution in [0.4, 0.5) is 0 Å². The lowest BCUT2D eigenvalue weighted by molar-refractivity contribution is 0.0968. The Balaban J connectivity index is 1.40. The molecule has 4 nitrogen and oxygen atoms in total. The lowest BCUT2D eigenvalue weighted by Crippen LogP contribution is -2.18. The Morgan fingerprint density at radius 3 is 2.08 bits per heavy atom. The average molecular weight is 496 g/mol. The molecule has 1 aromatic heterocycles. The third-order valence-electron chi connectivity index (χ3n) is 8.14. The number of aromatic nitrogens is 1. The van der Waals surface area contributed by atoms with Crippen molar-refractivity contribution in [3.8, 4) is 17.4 Å². The van der Waals surface area contributed by atoms with Crippen LogP contribution in [0.15, 0.2) is 18.2 Å². The van der Waals surface area contributed by atoms with Gasteiger partial charge < -0.3 is 10.2 Å². The van der Waals surface area contributed by atoms with Crippen LogP contribution in [-0.2, 0) is 12.8 Å². The van der Waals surface area contributed by atoms with E-state index in [-0.39, 0.29) is 17.5 Å². The summed E-state index contributed by atoms with van der Waals surface area (Å²) in [5, 5.41) is 21.8. The van der Waals surface area contributed by atoms with Gasteiger partial charge in [0, 0.05) is 23.1 Å². The Labute approximate surface area is 219 Å². The summed E-state index contributed by atoms with van der Waals surface area (Å²) in [5.41, 5.74) is 3.92. The van der Waals surface area contributed by atoms with Crippen LogP contribution < -0.4 is 0 Å². The molecule has 0 amide bonds. The normalized spacial score (nSPS) is 14.5. The quantitative estimate of drug-likeness (QED) is 0.215. The zero-order valence-corrected chi connectivity index (χ0v) is 23.2. The molecule has 0 bridgehead atoms. The summed E-state index contributed by atoms with van der Waals surface area (Å²) in [6.07, 6.45) is 18.8. The van der Waals surface area contributed by atoms with Gasteiger partial charge >= 0.3 is 0 Å². The van der Waals surface area contributed by atoms with Gasteiger partial charge in [-0.05, 0) is 49.3 Å². The van der Waals surface area contributed by atoms with E-state index in [0.717, 1.165) is 29.5 Å². The highest BCUT2D eigenvalue weighted by Crippen LogP contribution is 2.39. The number of Topliss-reactive ketones (excluding diaryl/α,β-unsaturated/α-hetero) is 1. The van der Waals surface area contributed by atoms with Gasteiger partial charge in [-0.1, -0.05) is 104 Å². The van der Waals surface area contributed by atoms with Gasteiger partial charge in [-0.25, -0.2) is 0 Å². The lowest BCUT2D eigenvalue weighted by Gasteiger charge is -2.19. The third-order valence-corrected chi connectivity index (χ3v) is 8.14. The predicted octanol–water partition coefficient (Wildman–Crippen LogP) is 8.84. The Morgan fingerprint density at radius 1 is 0.861 bits per heavy atom. The maximum atomic E-state index is 11.9. The van der Waals surface area contributed by atoms with Crippen molar-refractivity contribution in [2.45, 2.75) is 124 Å². The van der Waals surface area contributed by atoms with Crippen LogP contribution in [0, 0.1) is 18.8 Å². The highest BCUT2D eigenvalue weighted by Gasteiger charge is 2.26. The highest BCUT2D eigenvalue weighted by molar-refractivity contribution is 6.07. The monoisotopic (exact) mass is 495 g/mol. The van der Waals surface area contributed by atoms with E-state index in [2.05, 4.69) is 20.8 Å². The zero-order chi connectivity index (χ0) is 26.1. The van der Waals surface area contributed by atoms with E-state index in [1.54, 1.807) is 6.07 Å². The van der Waals surface area contributed by atoms with Gasteiger partial charge in [-0.15, -0.1) is 0 Å². The molecule has 200 valence electrons. The molecule has 4 heteroatoms. The predicted molar refractivity (Wildman–Crippen MR) is 150 cm³/mol. The van der Waals surface area contributed by atoms with Crippen LogP contribution in [0.3, 0.4) is 0 Å². The molecule has 2 aromatic rings. The maximum absolute atomic E-state index is 11.9. The van der Waals surface area contributed by atoms with E-state index >= 15 is 0 Å². The SMILES string of the molecule is CCCCCCCCCCCCCC(C)CC(C)Cc1c(C)c(O)n(-c2ccc3c(c2)C(=O)C3)c1O. The van der Waals surface area contributed by atoms with Gasteiger partial charge in [0.1, 0.15) is 0 Å². The Hall–Kier alpha value is -2.23. The molecule has 0 saturated heterocycles. The smallest absolute Gasteiger partial charge is 0.202 e. The Morgan fingerprint density at radius 2 is 1.47 bits per heavy atom. The number of benzene rings is 1. The molecule has 36 heavy (non-hydrogen) atoms. The fraction of sp³-hybridized carbons (Fsp3) is 0.656. The van der Waals surface area contributed by atoms with Crippen LogP contribution in [0.5, 0.6) is 11.8 Å². The largest absolute Gasteiger partial charge is 0.494 e. The first kappa shape index (κ1) is 28.3. The molecular weight excluding hydrogens is 446 g/mol. The van der Waals surface area contributed by atoms with E-state index in [0.29, 0.717) is 29.5 Å². The van der Waals surface area contributed by atoms with Gasteiger partial charge in [-0.3, -0.25) is 9.36 Å². The molecule has 1 aliphatic rings. The molecule has 2 atom stereocenters. The fourth-order valence-corrected chi connectivity index (χ4v) is 5.87. The number of hydrogen-bond donors (Lipinski definition) is 2. The van der Waals surface area contributed by atoms with E-state index in [1.165, 1.54) is 81.6 Å². The first-order valence-corrected chi connectivity index (χ1v) is 14.6. The van der Waals surface area contributed by atoms with Gasteiger partial charge in [0.05, 0.1) is 5.69 Å². The van der Waals surface area contributed by atoms with Crippen LogP contribution in [0.2, 0.25) is 0 Å². The van der Waals surface area contributed by atoms with Crippen molar-refractivity contribution < 1.29 is 15.0 Å². The molecule has 2 unspecified atom stereocenters. The summed E-state index contributed by atoms with van der Waals surface area (Å²) in [4.78, 5) is 11.9. The minimum absolute atomic E-state index is 0.0652. The van der Waals surface area contributed by atoms with Gasteiger partial charge in [-0.2, -0.15) is 0 Å². The molecule has 3 rings (SSSR count). The van der Waals surface area contributed by atoms with E-state index < -0.39 is 0 Å². The Kier molecular flexibility index (Phi) is 10.9. The number of unbranched alkanes of at least 4 members (excludes halogenated alkanes) is 10. The van der Waals surface area contributed by atoms with Crippen molar-refractivity contribution in [1.82, 2.24) is 4.57 Å². The summed E-state index contributed by atoms with van der Waals surface area (Å²) in [7, 11) is 0. The number of hydrogen-bond acceptors (Lipinski definition) is 3. The van der Waals surface area contributed by atoms with Gasteiger partial charge in [0.25, 0.3) is 0 Å². The van der Waals surface area contributed by atoms with Crippen LogP contribution in [-0.4, -0.2) is 20.6 Å². The summed E-state index contributed by atoms with van der Waals surface area (Å²) < 4.78 is 1.48. The molecule has 1 aliphatic carbocycles. The number of rotatable bonds is 17. The summed E-state index contributed by atoms with van der Waals surface area (Å²) in [6.45, 7) is 8.74. The van der Waals surface area contributed by atoms with Crippen molar-refractivity contribution in [2.75, 3.05) is 0 Å². The first-order chi connectivity index (χ1) is 17.3. The van der Waals surface area contributed by atoms with E-state index in [9.17, 15) is 15.0 Å². The third kappa shape index (κ3) is 7.40. The molecule has 0 aliphatic heterocycles. The minimum Gasteiger partial charge on any atom is -0.494 e. The van der Waals surface area contributed by atoms with Crippen molar-refractivity contribution in [3.05, 3.63) is 40.5 Å². The van der Waals surface area contributed by atoms with E-state index in [1.807, 2.05) is 19.1 Å². The second-order valence-electron chi connectivity index (χ2n) is 11.5. The number of ketones is 1. The molecule has 0 saturated carbocycles. The number of fused-ring (bicyclic) bond motifs is 1. The molecule has 0 spiro atoms. The number of nitrogens with zero attached hydrogens (tertiary/aromatic N) is 1. The minimum atomic E-state index is 0.0652. The molecule has 0 fully saturated rings. The topological polar surface area (TPSA) is 62.5 Å². The van der Waals surface area contributed by atoms with Crippen LogP contribution in [0.25, 0.3) is 5.69 Å². The maximum Gasteiger partial charge on any atom is 0.202 e. The number of carbonyl (C=O) groups excluding carboxylic acids is 1. The lowest BCUT2D eigenvalue weighted by atomic mass is 9.87. The number of aromatic hydroxyl groups is 2. The molecule has 2 N–H and O–H groups in total. The second kappa shape index (κ2) is 13.9. The van der Waals surface area contributed by atoms with Crippen molar-refractivity contribution >= 4 is 5.78 Å². The van der Waals surface area contributed by atoms with E-state index in [4.69, 9.17) is 0 Å². The summed E-state index contributed by atoms with van der Waals surface area (Å²) in [6, 6.07) is 5.56. The molecule has 1 heterocycles. The fourth-order valence-electron chi connectivity index (χ4n) is 5.87. The van der Waals surface area contributed by atoms with Gasteiger partial charge in [0.2, 0.25) is 11.8 Å². The standard InChI is InChI=1S/C32H49NO3/c1-5-6-7-8-9-10-11-12-13-14-15-16-23(2)19-24(3)20-28-25(4)31(35)33(32(28)36)27-18-17-26-21-30(34)29(26)22-27/h17-18,22-24,35-36H,5-16,19-21H2,1-4H3.